The summed E-state index contributed by atoms with van der Waals surface area (Å²) in [6.45, 7) is 6.02. The van der Waals surface area contributed by atoms with Crippen molar-refractivity contribution in [2.24, 2.45) is 0 Å². The number of urea groups is 1. The number of carbonyl (C=O) groups excluding carboxylic acids is 1. The minimum absolute atomic E-state index is 0.112. The SMILES string of the molecule is CCCCCC(C)NC(=O)N1CCC(c2c[nH]c3ccccc23)CC1. The van der Waals surface area contributed by atoms with Crippen molar-refractivity contribution in [3.05, 3.63) is 36.0 Å². The summed E-state index contributed by atoms with van der Waals surface area (Å²) in [6.07, 6.45) is 8.98. The van der Waals surface area contributed by atoms with Crippen LogP contribution in [0.25, 0.3) is 10.9 Å². The van der Waals surface area contributed by atoms with Gasteiger partial charge in [0.15, 0.2) is 0 Å². The first kappa shape index (κ1) is 17.8. The Morgan fingerprint density at radius 2 is 2.04 bits per heavy atom. The van der Waals surface area contributed by atoms with Gasteiger partial charge in [-0.05, 0) is 43.7 Å². The molecule has 1 aromatic carbocycles. The predicted molar refractivity (Wildman–Crippen MR) is 104 cm³/mol. The van der Waals surface area contributed by atoms with Gasteiger partial charge in [-0.15, -0.1) is 0 Å². The molecular weight excluding hydrogens is 310 g/mol. The van der Waals surface area contributed by atoms with E-state index in [0.717, 1.165) is 32.4 Å². The Bertz CT molecular complexity index is 685. The number of carbonyl (C=O) groups is 1. The normalized spacial score (nSPS) is 17.0. The van der Waals surface area contributed by atoms with Crippen molar-refractivity contribution in [2.45, 2.75) is 64.3 Å². The standard InChI is InChI=1S/C21H31N3O/c1-3-4-5-8-16(2)23-21(25)24-13-11-17(12-14-24)19-15-22-20-10-7-6-9-18(19)20/h6-7,9-10,15-17,22H,3-5,8,11-14H2,1-2H3,(H,23,25). The van der Waals surface area contributed by atoms with Gasteiger partial charge in [-0.25, -0.2) is 4.79 Å². The van der Waals surface area contributed by atoms with Gasteiger partial charge in [0.05, 0.1) is 0 Å². The fraction of sp³-hybridized carbons (Fsp3) is 0.571. The first-order valence-corrected chi connectivity index (χ1v) is 9.80. The quantitative estimate of drug-likeness (QED) is 0.712. The summed E-state index contributed by atoms with van der Waals surface area (Å²) in [5.41, 5.74) is 2.61. The van der Waals surface area contributed by atoms with Crippen LogP contribution >= 0.6 is 0 Å². The van der Waals surface area contributed by atoms with E-state index in [9.17, 15) is 4.79 Å². The van der Waals surface area contributed by atoms with E-state index < -0.39 is 0 Å². The number of unbranched alkanes of at least 4 members (excludes halogenated alkanes) is 2. The number of para-hydroxylation sites is 1. The lowest BCUT2D eigenvalue weighted by atomic mass is 9.89. The number of amides is 2. The summed E-state index contributed by atoms with van der Waals surface area (Å²) in [5.74, 6) is 0.544. The monoisotopic (exact) mass is 341 g/mol. The molecule has 136 valence electrons. The van der Waals surface area contributed by atoms with Crippen LogP contribution in [0, 0.1) is 0 Å². The number of hydrogen-bond acceptors (Lipinski definition) is 1. The molecule has 2 aromatic rings. The molecule has 25 heavy (non-hydrogen) atoms. The van der Waals surface area contributed by atoms with Gasteiger partial charge in [0.25, 0.3) is 0 Å². The number of likely N-dealkylation sites (tertiary alicyclic amines) is 1. The minimum atomic E-state index is 0.112. The van der Waals surface area contributed by atoms with Crippen molar-refractivity contribution in [3.63, 3.8) is 0 Å². The van der Waals surface area contributed by atoms with Crippen LogP contribution in [0.2, 0.25) is 0 Å². The number of piperidine rings is 1. The number of nitrogens with one attached hydrogen (secondary N) is 2. The van der Waals surface area contributed by atoms with Crippen LogP contribution in [0.4, 0.5) is 4.79 Å². The summed E-state index contributed by atoms with van der Waals surface area (Å²) in [6, 6.07) is 8.87. The molecule has 1 saturated heterocycles. The smallest absolute Gasteiger partial charge is 0.317 e. The second kappa shape index (κ2) is 8.41. The molecule has 3 rings (SSSR count). The van der Waals surface area contributed by atoms with Gasteiger partial charge >= 0.3 is 6.03 Å². The van der Waals surface area contributed by atoms with E-state index in [1.807, 2.05) is 4.90 Å². The highest BCUT2D eigenvalue weighted by Gasteiger charge is 2.25. The third-order valence-electron chi connectivity index (χ3n) is 5.45. The summed E-state index contributed by atoms with van der Waals surface area (Å²) >= 11 is 0. The molecule has 0 bridgehead atoms. The second-order valence-electron chi connectivity index (χ2n) is 7.40. The van der Waals surface area contributed by atoms with E-state index >= 15 is 0 Å². The van der Waals surface area contributed by atoms with Gasteiger partial charge in [0.1, 0.15) is 0 Å². The Morgan fingerprint density at radius 3 is 2.80 bits per heavy atom. The molecule has 1 aliphatic heterocycles. The predicted octanol–water partition coefficient (Wildman–Crippen LogP) is 5.03. The molecule has 4 nitrogen and oxygen atoms in total. The number of aromatic amines is 1. The van der Waals surface area contributed by atoms with Crippen molar-refractivity contribution < 1.29 is 4.79 Å². The van der Waals surface area contributed by atoms with E-state index in [1.54, 1.807) is 0 Å². The van der Waals surface area contributed by atoms with Crippen LogP contribution in [-0.4, -0.2) is 35.0 Å². The summed E-state index contributed by atoms with van der Waals surface area (Å²) in [7, 11) is 0. The molecule has 4 heteroatoms. The zero-order chi connectivity index (χ0) is 17.6. The van der Waals surface area contributed by atoms with Crippen LogP contribution in [0.5, 0.6) is 0 Å². The van der Waals surface area contributed by atoms with Crippen LogP contribution in [-0.2, 0) is 0 Å². The topological polar surface area (TPSA) is 48.1 Å². The molecular formula is C21H31N3O. The number of nitrogens with zero attached hydrogens (tertiary/aromatic N) is 1. The van der Waals surface area contributed by atoms with Crippen molar-refractivity contribution in [1.82, 2.24) is 15.2 Å². The van der Waals surface area contributed by atoms with Crippen molar-refractivity contribution >= 4 is 16.9 Å². The average Bonchev–Trinajstić information content (AvgIpc) is 3.06. The summed E-state index contributed by atoms with van der Waals surface area (Å²) in [4.78, 5) is 17.8. The Kier molecular flexibility index (Phi) is 6.00. The van der Waals surface area contributed by atoms with Crippen molar-refractivity contribution in [1.29, 1.82) is 0 Å². The highest BCUT2D eigenvalue weighted by molar-refractivity contribution is 5.83. The van der Waals surface area contributed by atoms with Crippen molar-refractivity contribution in [2.75, 3.05) is 13.1 Å². The number of benzene rings is 1. The Labute approximate surface area is 151 Å². The van der Waals surface area contributed by atoms with E-state index in [2.05, 4.69) is 54.6 Å². The van der Waals surface area contributed by atoms with E-state index in [1.165, 1.54) is 35.7 Å². The van der Waals surface area contributed by atoms with E-state index in [-0.39, 0.29) is 12.1 Å². The molecule has 2 heterocycles. The molecule has 1 aliphatic rings. The van der Waals surface area contributed by atoms with Gasteiger partial charge in [0, 0.05) is 36.2 Å². The summed E-state index contributed by atoms with van der Waals surface area (Å²) < 4.78 is 0. The maximum atomic E-state index is 12.5. The Hall–Kier alpha value is -1.97. The number of rotatable bonds is 6. The lowest BCUT2D eigenvalue weighted by Crippen LogP contribution is -2.46. The molecule has 0 spiro atoms. The third-order valence-corrected chi connectivity index (χ3v) is 5.45. The van der Waals surface area contributed by atoms with Gasteiger partial charge in [-0.3, -0.25) is 0 Å². The highest BCUT2D eigenvalue weighted by Crippen LogP contribution is 2.33. The van der Waals surface area contributed by atoms with Gasteiger partial charge < -0.3 is 15.2 Å². The molecule has 1 atom stereocenters. The minimum Gasteiger partial charge on any atom is -0.361 e. The zero-order valence-corrected chi connectivity index (χ0v) is 15.6. The first-order valence-electron chi connectivity index (χ1n) is 9.80. The lowest BCUT2D eigenvalue weighted by molar-refractivity contribution is 0.178. The molecule has 1 unspecified atom stereocenters. The van der Waals surface area contributed by atoms with Gasteiger partial charge in [-0.1, -0.05) is 44.4 Å². The molecule has 0 radical (unpaired) electrons. The first-order chi connectivity index (χ1) is 12.2. The average molecular weight is 341 g/mol. The van der Waals surface area contributed by atoms with E-state index in [0.29, 0.717) is 5.92 Å². The number of H-pyrrole nitrogens is 1. The van der Waals surface area contributed by atoms with Crippen LogP contribution in [0.15, 0.2) is 30.5 Å². The van der Waals surface area contributed by atoms with E-state index in [4.69, 9.17) is 0 Å². The number of hydrogen-bond donors (Lipinski definition) is 2. The second-order valence-corrected chi connectivity index (χ2v) is 7.40. The molecule has 1 fully saturated rings. The lowest BCUT2D eigenvalue weighted by Gasteiger charge is -2.33. The van der Waals surface area contributed by atoms with Crippen LogP contribution in [0.3, 0.4) is 0 Å². The number of aromatic nitrogens is 1. The van der Waals surface area contributed by atoms with Gasteiger partial charge in [0.2, 0.25) is 0 Å². The molecule has 2 N–H and O–H groups in total. The zero-order valence-electron chi connectivity index (χ0n) is 15.6. The third kappa shape index (κ3) is 4.36. The maximum Gasteiger partial charge on any atom is 0.317 e. The molecule has 1 aromatic heterocycles. The van der Waals surface area contributed by atoms with Crippen molar-refractivity contribution in [3.8, 4) is 0 Å². The fourth-order valence-electron chi connectivity index (χ4n) is 3.90. The fourth-order valence-corrected chi connectivity index (χ4v) is 3.90. The maximum absolute atomic E-state index is 12.5. The highest BCUT2D eigenvalue weighted by atomic mass is 16.2. The Balaban J connectivity index is 1.50. The summed E-state index contributed by atoms with van der Waals surface area (Å²) in [5, 5.41) is 4.50. The number of fused-ring (bicyclic) bond motifs is 1. The van der Waals surface area contributed by atoms with Crippen LogP contribution in [0.1, 0.15) is 63.9 Å². The Morgan fingerprint density at radius 1 is 1.28 bits per heavy atom. The van der Waals surface area contributed by atoms with Crippen LogP contribution < -0.4 is 5.32 Å². The van der Waals surface area contributed by atoms with Gasteiger partial charge in [-0.2, -0.15) is 0 Å². The largest absolute Gasteiger partial charge is 0.361 e. The molecule has 0 saturated carbocycles. The molecule has 2 amide bonds. The molecule has 0 aliphatic carbocycles.